The Bertz CT molecular complexity index is 1430. The van der Waals surface area contributed by atoms with Gasteiger partial charge in [-0.3, -0.25) is 13.9 Å². The molecule has 0 spiro atoms. The van der Waals surface area contributed by atoms with Gasteiger partial charge in [-0.1, -0.05) is 64.8 Å². The molecule has 2 amide bonds. The smallest absolute Gasteiger partial charge is 0.264 e. The van der Waals surface area contributed by atoms with Crippen LogP contribution in [0.5, 0.6) is 0 Å². The first kappa shape index (κ1) is 31.4. The molecule has 0 fully saturated rings. The van der Waals surface area contributed by atoms with Crippen molar-refractivity contribution in [2.24, 2.45) is 0 Å². The number of rotatable bonds is 10. The number of benzene rings is 3. The fourth-order valence-corrected chi connectivity index (χ4v) is 6.00. The van der Waals surface area contributed by atoms with E-state index in [1.807, 2.05) is 65.8 Å². The topological polar surface area (TPSA) is 86.8 Å². The highest BCUT2D eigenvalue weighted by Gasteiger charge is 2.34. The lowest BCUT2D eigenvalue weighted by molar-refractivity contribution is -0.141. The summed E-state index contributed by atoms with van der Waals surface area (Å²) in [4.78, 5) is 29.1. The van der Waals surface area contributed by atoms with E-state index in [2.05, 4.69) is 21.2 Å². The van der Waals surface area contributed by atoms with E-state index in [1.165, 1.54) is 17.0 Å². The molecule has 0 saturated heterocycles. The van der Waals surface area contributed by atoms with Gasteiger partial charge in [-0.2, -0.15) is 0 Å². The van der Waals surface area contributed by atoms with Gasteiger partial charge in [0.15, 0.2) is 0 Å². The van der Waals surface area contributed by atoms with Gasteiger partial charge in [0.1, 0.15) is 12.6 Å². The molecule has 0 radical (unpaired) electrons. The van der Waals surface area contributed by atoms with E-state index < -0.39 is 34.1 Å². The average molecular weight is 629 g/mol. The molecule has 0 unspecified atom stereocenters. The standard InChI is InChI=1S/C31H38BrN3O4S/c1-7-28(30(37)33-31(4,5)6)34(20-24-11-9-8-10-23(24)3)29(36)21-35(26-16-14-25(32)15-17-26)40(38,39)27-18-12-22(2)13-19-27/h8-19,28H,7,20-21H2,1-6H3,(H,33,37)/t28-/m0/s1. The Morgan fingerprint density at radius 1 is 0.925 bits per heavy atom. The van der Waals surface area contributed by atoms with Crippen molar-refractivity contribution in [2.75, 3.05) is 10.8 Å². The molecule has 3 aromatic carbocycles. The molecule has 7 nitrogen and oxygen atoms in total. The Balaban J connectivity index is 2.08. The van der Waals surface area contributed by atoms with Gasteiger partial charge in [0, 0.05) is 16.6 Å². The van der Waals surface area contributed by atoms with E-state index in [9.17, 15) is 18.0 Å². The van der Waals surface area contributed by atoms with Crippen LogP contribution in [0, 0.1) is 13.8 Å². The van der Waals surface area contributed by atoms with Crippen molar-refractivity contribution in [3.05, 3.63) is 94.0 Å². The number of hydrogen-bond acceptors (Lipinski definition) is 4. The number of sulfonamides is 1. The number of anilines is 1. The van der Waals surface area contributed by atoms with Gasteiger partial charge >= 0.3 is 0 Å². The van der Waals surface area contributed by atoms with E-state index in [-0.39, 0.29) is 17.3 Å². The Kier molecular flexibility index (Phi) is 10.2. The Hall–Kier alpha value is -3.17. The van der Waals surface area contributed by atoms with E-state index in [1.54, 1.807) is 36.4 Å². The fraction of sp³-hybridized carbons (Fsp3) is 0.355. The number of nitrogens with zero attached hydrogens (tertiary/aromatic N) is 2. The van der Waals surface area contributed by atoms with Crippen molar-refractivity contribution in [1.29, 1.82) is 0 Å². The monoisotopic (exact) mass is 627 g/mol. The molecule has 0 saturated carbocycles. The Labute approximate surface area is 246 Å². The summed E-state index contributed by atoms with van der Waals surface area (Å²) in [6.07, 6.45) is 0.364. The molecule has 1 N–H and O–H groups in total. The predicted octanol–water partition coefficient (Wildman–Crippen LogP) is 5.98. The molecule has 40 heavy (non-hydrogen) atoms. The van der Waals surface area contributed by atoms with E-state index in [0.29, 0.717) is 12.1 Å². The molecule has 0 aromatic heterocycles. The Morgan fingerprint density at radius 3 is 2.08 bits per heavy atom. The van der Waals surface area contributed by atoms with E-state index in [0.717, 1.165) is 25.5 Å². The summed E-state index contributed by atoms with van der Waals surface area (Å²) in [7, 11) is -4.10. The van der Waals surface area contributed by atoms with Crippen molar-refractivity contribution in [3.63, 3.8) is 0 Å². The number of halogens is 1. The summed E-state index contributed by atoms with van der Waals surface area (Å²) < 4.78 is 29.7. The molecule has 0 heterocycles. The minimum absolute atomic E-state index is 0.0804. The highest BCUT2D eigenvalue weighted by molar-refractivity contribution is 9.10. The third-order valence-electron chi connectivity index (χ3n) is 6.49. The van der Waals surface area contributed by atoms with Crippen molar-refractivity contribution in [1.82, 2.24) is 10.2 Å². The first-order chi connectivity index (χ1) is 18.7. The first-order valence-electron chi connectivity index (χ1n) is 13.2. The number of carbonyl (C=O) groups excluding carboxylic acids is 2. The second-order valence-electron chi connectivity index (χ2n) is 10.9. The summed E-state index contributed by atoms with van der Waals surface area (Å²) in [5.74, 6) is -0.758. The van der Waals surface area contributed by atoms with Gasteiger partial charge in [-0.05, 0) is 88.6 Å². The molecule has 0 bridgehead atoms. The lowest BCUT2D eigenvalue weighted by Crippen LogP contribution is -2.55. The van der Waals surface area contributed by atoms with Gasteiger partial charge in [0.2, 0.25) is 11.8 Å². The van der Waals surface area contributed by atoms with Gasteiger partial charge in [-0.15, -0.1) is 0 Å². The number of amides is 2. The van der Waals surface area contributed by atoms with E-state index in [4.69, 9.17) is 0 Å². The Morgan fingerprint density at radius 2 is 1.52 bits per heavy atom. The molecule has 3 aromatic rings. The molecule has 0 aliphatic carbocycles. The predicted molar refractivity (Wildman–Crippen MR) is 164 cm³/mol. The fourth-order valence-electron chi connectivity index (χ4n) is 4.32. The van der Waals surface area contributed by atoms with Crippen molar-refractivity contribution >= 4 is 43.5 Å². The first-order valence-corrected chi connectivity index (χ1v) is 15.5. The van der Waals surface area contributed by atoms with Crippen LogP contribution in [0.4, 0.5) is 5.69 Å². The molecule has 1 atom stereocenters. The number of carbonyl (C=O) groups is 2. The third kappa shape index (κ3) is 7.95. The second-order valence-corrected chi connectivity index (χ2v) is 13.7. The van der Waals surface area contributed by atoms with Crippen LogP contribution < -0.4 is 9.62 Å². The maximum absolute atomic E-state index is 14.1. The maximum atomic E-state index is 14.1. The van der Waals surface area contributed by atoms with Crippen LogP contribution in [-0.2, 0) is 26.2 Å². The molecule has 3 rings (SSSR count). The summed E-state index contributed by atoms with van der Waals surface area (Å²) in [5, 5.41) is 2.99. The average Bonchev–Trinajstić information content (AvgIpc) is 2.88. The molecule has 0 aliphatic heterocycles. The van der Waals surface area contributed by atoms with Gasteiger partial charge in [0.05, 0.1) is 10.6 Å². The van der Waals surface area contributed by atoms with Gasteiger partial charge in [-0.25, -0.2) is 8.42 Å². The van der Waals surface area contributed by atoms with Crippen LogP contribution in [0.1, 0.15) is 50.8 Å². The summed E-state index contributed by atoms with van der Waals surface area (Å²) in [6.45, 7) is 11.0. The third-order valence-corrected chi connectivity index (χ3v) is 8.81. The van der Waals surface area contributed by atoms with Gasteiger partial charge < -0.3 is 10.2 Å². The zero-order valence-electron chi connectivity index (χ0n) is 23.9. The summed E-state index contributed by atoms with van der Waals surface area (Å²) >= 11 is 3.40. The van der Waals surface area contributed by atoms with Crippen molar-refractivity contribution < 1.29 is 18.0 Å². The second kappa shape index (κ2) is 13.0. The van der Waals surface area contributed by atoms with Crippen LogP contribution in [0.3, 0.4) is 0 Å². The van der Waals surface area contributed by atoms with Crippen LogP contribution in [-0.4, -0.2) is 43.3 Å². The quantitative estimate of drug-likeness (QED) is 0.299. The van der Waals surface area contributed by atoms with Crippen LogP contribution in [0.2, 0.25) is 0 Å². The molecule has 0 aliphatic rings. The van der Waals surface area contributed by atoms with Crippen LogP contribution in [0.15, 0.2) is 82.2 Å². The van der Waals surface area contributed by atoms with Crippen LogP contribution >= 0.6 is 15.9 Å². The number of nitrogens with one attached hydrogen (secondary N) is 1. The minimum atomic E-state index is -4.10. The van der Waals surface area contributed by atoms with E-state index >= 15 is 0 Å². The minimum Gasteiger partial charge on any atom is -0.350 e. The normalized spacial score (nSPS) is 12.5. The molecule has 214 valence electrons. The summed E-state index contributed by atoms with van der Waals surface area (Å²) in [5.41, 5.74) is 2.63. The summed E-state index contributed by atoms with van der Waals surface area (Å²) in [6, 6.07) is 20.2. The lowest BCUT2D eigenvalue weighted by Gasteiger charge is -2.35. The maximum Gasteiger partial charge on any atom is 0.264 e. The van der Waals surface area contributed by atoms with Crippen molar-refractivity contribution in [2.45, 2.75) is 71.0 Å². The molecular formula is C31H38BrN3O4S. The van der Waals surface area contributed by atoms with Gasteiger partial charge in [0.25, 0.3) is 10.0 Å². The molecule has 9 heteroatoms. The highest BCUT2D eigenvalue weighted by Crippen LogP contribution is 2.27. The van der Waals surface area contributed by atoms with Crippen molar-refractivity contribution in [3.8, 4) is 0 Å². The zero-order chi connectivity index (χ0) is 29.7. The van der Waals surface area contributed by atoms with Crippen LogP contribution in [0.25, 0.3) is 0 Å². The SMILES string of the molecule is CC[C@@H](C(=O)NC(C)(C)C)N(Cc1ccccc1C)C(=O)CN(c1ccc(Br)cc1)S(=O)(=O)c1ccc(C)cc1. The number of hydrogen-bond donors (Lipinski definition) is 1. The largest absolute Gasteiger partial charge is 0.350 e. The zero-order valence-corrected chi connectivity index (χ0v) is 26.3. The highest BCUT2D eigenvalue weighted by atomic mass is 79.9. The lowest BCUT2D eigenvalue weighted by atomic mass is 10.0. The molecular weight excluding hydrogens is 590 g/mol. The number of aryl methyl sites for hydroxylation is 2.